The van der Waals surface area contributed by atoms with Crippen LogP contribution in [0.4, 0.5) is 11.4 Å². The van der Waals surface area contributed by atoms with Crippen LogP contribution in [0.5, 0.6) is 11.5 Å². The molecule has 0 atom stereocenters. The highest BCUT2D eigenvalue weighted by Gasteiger charge is 2.37. The van der Waals surface area contributed by atoms with Crippen LogP contribution in [0, 0.1) is 12.3 Å². The molecular formula is C23H30N2O5S. The summed E-state index contributed by atoms with van der Waals surface area (Å²) in [6.45, 7) is 10.7. The lowest BCUT2D eigenvalue weighted by Crippen LogP contribution is -2.42. The molecule has 0 saturated heterocycles. The SMILES string of the molecule is CCCOc1ccc(S(=O)(=O)Nc2ccc3c(c2)OCC(C)(C)C(=O)N3CC)cc1C. The van der Waals surface area contributed by atoms with Gasteiger partial charge in [0.1, 0.15) is 18.1 Å². The van der Waals surface area contributed by atoms with Crippen molar-refractivity contribution in [2.45, 2.75) is 45.9 Å². The van der Waals surface area contributed by atoms with Crippen molar-refractivity contribution in [1.82, 2.24) is 0 Å². The van der Waals surface area contributed by atoms with Crippen LogP contribution in [0.2, 0.25) is 0 Å². The van der Waals surface area contributed by atoms with Crippen LogP contribution in [0.25, 0.3) is 0 Å². The first-order valence-corrected chi connectivity index (χ1v) is 11.9. The van der Waals surface area contributed by atoms with E-state index in [-0.39, 0.29) is 17.4 Å². The minimum atomic E-state index is -3.80. The van der Waals surface area contributed by atoms with Crippen molar-refractivity contribution in [3.05, 3.63) is 42.0 Å². The van der Waals surface area contributed by atoms with Gasteiger partial charge in [-0.15, -0.1) is 0 Å². The minimum absolute atomic E-state index is 0.0251. The molecular weight excluding hydrogens is 416 g/mol. The number of rotatable bonds is 7. The van der Waals surface area contributed by atoms with Gasteiger partial charge in [0.15, 0.2) is 0 Å². The molecule has 1 amide bonds. The maximum atomic E-state index is 12.9. The zero-order valence-corrected chi connectivity index (χ0v) is 19.5. The van der Waals surface area contributed by atoms with Crippen molar-refractivity contribution in [2.24, 2.45) is 5.41 Å². The number of nitrogens with zero attached hydrogens (tertiary/aromatic N) is 1. The number of anilines is 2. The molecule has 0 fully saturated rings. The van der Waals surface area contributed by atoms with Gasteiger partial charge in [0.2, 0.25) is 5.91 Å². The highest BCUT2D eigenvalue weighted by Crippen LogP contribution is 2.38. The molecule has 31 heavy (non-hydrogen) atoms. The Kier molecular flexibility index (Phi) is 6.50. The Morgan fingerprint density at radius 1 is 1.16 bits per heavy atom. The summed E-state index contributed by atoms with van der Waals surface area (Å²) in [6.07, 6.45) is 0.875. The van der Waals surface area contributed by atoms with E-state index in [2.05, 4.69) is 4.72 Å². The molecule has 1 aliphatic heterocycles. The Morgan fingerprint density at radius 2 is 1.90 bits per heavy atom. The molecule has 0 aliphatic carbocycles. The fraction of sp³-hybridized carbons (Fsp3) is 0.435. The summed E-state index contributed by atoms with van der Waals surface area (Å²) in [5, 5.41) is 0. The van der Waals surface area contributed by atoms with Gasteiger partial charge in [-0.25, -0.2) is 8.42 Å². The maximum Gasteiger partial charge on any atom is 0.261 e. The molecule has 0 saturated carbocycles. The first-order valence-electron chi connectivity index (χ1n) is 10.4. The van der Waals surface area contributed by atoms with Crippen LogP contribution in [-0.2, 0) is 14.8 Å². The summed E-state index contributed by atoms with van der Waals surface area (Å²) < 4.78 is 40.0. The Bertz CT molecular complexity index is 1080. The van der Waals surface area contributed by atoms with Crippen molar-refractivity contribution in [3.63, 3.8) is 0 Å². The summed E-state index contributed by atoms with van der Waals surface area (Å²) in [5.74, 6) is 1.12. The predicted octanol–water partition coefficient (Wildman–Crippen LogP) is 4.36. The molecule has 0 unspecified atom stereocenters. The summed E-state index contributed by atoms with van der Waals surface area (Å²) in [4.78, 5) is 14.6. The van der Waals surface area contributed by atoms with Gasteiger partial charge in [-0.3, -0.25) is 9.52 Å². The Balaban J connectivity index is 1.88. The van der Waals surface area contributed by atoms with E-state index >= 15 is 0 Å². The minimum Gasteiger partial charge on any atom is -0.493 e. The van der Waals surface area contributed by atoms with Gasteiger partial charge in [-0.1, -0.05) is 6.92 Å². The number of benzene rings is 2. The average molecular weight is 447 g/mol. The van der Waals surface area contributed by atoms with E-state index in [9.17, 15) is 13.2 Å². The zero-order valence-electron chi connectivity index (χ0n) is 18.7. The number of fused-ring (bicyclic) bond motifs is 1. The molecule has 0 radical (unpaired) electrons. The lowest BCUT2D eigenvalue weighted by molar-refractivity contribution is -0.127. The number of nitrogens with one attached hydrogen (secondary N) is 1. The molecule has 1 aliphatic rings. The van der Waals surface area contributed by atoms with Gasteiger partial charge in [0.05, 0.1) is 28.3 Å². The van der Waals surface area contributed by atoms with Crippen molar-refractivity contribution < 1.29 is 22.7 Å². The van der Waals surface area contributed by atoms with Gasteiger partial charge in [0, 0.05) is 12.6 Å². The number of aryl methyl sites for hydroxylation is 1. The first-order chi connectivity index (χ1) is 14.6. The van der Waals surface area contributed by atoms with Crippen molar-refractivity contribution in [1.29, 1.82) is 0 Å². The van der Waals surface area contributed by atoms with Crippen molar-refractivity contribution >= 4 is 27.3 Å². The third kappa shape index (κ3) is 4.79. The molecule has 0 aromatic heterocycles. The molecule has 2 aromatic rings. The largest absolute Gasteiger partial charge is 0.493 e. The van der Waals surface area contributed by atoms with E-state index in [0.29, 0.717) is 36.0 Å². The van der Waals surface area contributed by atoms with E-state index in [1.54, 1.807) is 35.2 Å². The standard InChI is InChI=1S/C23H30N2O5S/c1-6-12-29-20-11-9-18(13-16(20)3)31(27,28)24-17-8-10-19-21(14-17)30-15-23(4,5)22(26)25(19)7-2/h8-11,13-14,24H,6-7,12,15H2,1-5H3. The normalized spacial score (nSPS) is 15.6. The Hall–Kier alpha value is -2.74. The van der Waals surface area contributed by atoms with Crippen LogP contribution < -0.4 is 19.1 Å². The molecule has 168 valence electrons. The topological polar surface area (TPSA) is 84.9 Å². The molecule has 8 heteroatoms. The third-order valence-electron chi connectivity index (χ3n) is 5.15. The van der Waals surface area contributed by atoms with Gasteiger partial charge in [0.25, 0.3) is 10.0 Å². The second kappa shape index (κ2) is 8.78. The van der Waals surface area contributed by atoms with Crippen LogP contribution in [0.1, 0.15) is 39.7 Å². The lowest BCUT2D eigenvalue weighted by atomic mass is 9.93. The first kappa shape index (κ1) is 22.9. The summed E-state index contributed by atoms with van der Waals surface area (Å²) in [7, 11) is -3.80. The fourth-order valence-corrected chi connectivity index (χ4v) is 4.54. The lowest BCUT2D eigenvalue weighted by Gasteiger charge is -2.26. The van der Waals surface area contributed by atoms with E-state index < -0.39 is 15.4 Å². The second-order valence-corrected chi connectivity index (χ2v) is 9.97. The highest BCUT2D eigenvalue weighted by atomic mass is 32.2. The maximum absolute atomic E-state index is 12.9. The van der Waals surface area contributed by atoms with Crippen LogP contribution in [0.15, 0.2) is 41.3 Å². The monoisotopic (exact) mass is 446 g/mol. The van der Waals surface area contributed by atoms with Gasteiger partial charge in [-0.2, -0.15) is 0 Å². The summed E-state index contributed by atoms with van der Waals surface area (Å²) >= 11 is 0. The number of amides is 1. The number of ether oxygens (including phenoxy) is 2. The summed E-state index contributed by atoms with van der Waals surface area (Å²) in [5.41, 5.74) is 1.08. The molecule has 1 heterocycles. The third-order valence-corrected chi connectivity index (χ3v) is 6.53. The predicted molar refractivity (Wildman–Crippen MR) is 122 cm³/mol. The van der Waals surface area contributed by atoms with Crippen LogP contribution in [0.3, 0.4) is 0 Å². The quantitative estimate of drug-likeness (QED) is 0.683. The molecule has 0 bridgehead atoms. The molecule has 7 nitrogen and oxygen atoms in total. The fourth-order valence-electron chi connectivity index (χ4n) is 3.40. The van der Waals surface area contributed by atoms with E-state index in [1.165, 1.54) is 6.07 Å². The highest BCUT2D eigenvalue weighted by molar-refractivity contribution is 7.92. The van der Waals surface area contributed by atoms with E-state index in [4.69, 9.17) is 9.47 Å². The second-order valence-electron chi connectivity index (χ2n) is 8.29. The number of hydrogen-bond acceptors (Lipinski definition) is 5. The van der Waals surface area contributed by atoms with Crippen LogP contribution >= 0.6 is 0 Å². The number of carbonyl (C=O) groups excluding carboxylic acids is 1. The van der Waals surface area contributed by atoms with E-state index in [1.807, 2.05) is 34.6 Å². The van der Waals surface area contributed by atoms with Gasteiger partial charge >= 0.3 is 0 Å². The summed E-state index contributed by atoms with van der Waals surface area (Å²) in [6, 6.07) is 9.76. The number of hydrogen-bond donors (Lipinski definition) is 1. The molecule has 2 aromatic carbocycles. The molecule has 3 rings (SSSR count). The molecule has 0 spiro atoms. The Morgan fingerprint density at radius 3 is 2.55 bits per heavy atom. The number of sulfonamides is 1. The van der Waals surface area contributed by atoms with Gasteiger partial charge < -0.3 is 14.4 Å². The smallest absolute Gasteiger partial charge is 0.261 e. The van der Waals surface area contributed by atoms with E-state index in [0.717, 1.165) is 12.0 Å². The number of carbonyl (C=O) groups is 1. The van der Waals surface area contributed by atoms with Crippen LogP contribution in [-0.4, -0.2) is 34.1 Å². The zero-order chi connectivity index (χ0) is 22.8. The molecule has 1 N–H and O–H groups in total. The van der Waals surface area contributed by atoms with Crippen molar-refractivity contribution in [2.75, 3.05) is 29.4 Å². The van der Waals surface area contributed by atoms with Gasteiger partial charge in [-0.05, 0) is 70.0 Å². The Labute approximate surface area is 184 Å². The van der Waals surface area contributed by atoms with Crippen molar-refractivity contribution in [3.8, 4) is 11.5 Å². The average Bonchev–Trinajstić information content (AvgIpc) is 2.81.